The maximum atomic E-state index is 13.6. The van der Waals surface area contributed by atoms with Crippen LogP contribution in [0.15, 0.2) is 71.1 Å². The average Bonchev–Trinajstić information content (AvgIpc) is 3.68. The van der Waals surface area contributed by atoms with Gasteiger partial charge in [0.15, 0.2) is 0 Å². The summed E-state index contributed by atoms with van der Waals surface area (Å²) in [7, 11) is 0. The molecule has 3 aliphatic rings. The molecular formula is C26H24ClFN6O2S2. The number of carbonyl (C=O) groups is 2. The molecule has 0 aliphatic carbocycles. The first kappa shape index (κ1) is 25.3. The highest BCUT2D eigenvalue weighted by molar-refractivity contribution is 8.00. The van der Waals surface area contributed by atoms with Crippen molar-refractivity contribution in [1.82, 2.24) is 21.1 Å². The van der Waals surface area contributed by atoms with E-state index in [9.17, 15) is 14.0 Å². The number of fused-ring (bicyclic) bond motifs is 1. The van der Waals surface area contributed by atoms with Crippen molar-refractivity contribution in [2.24, 2.45) is 11.0 Å². The molecule has 4 unspecified atom stereocenters. The van der Waals surface area contributed by atoms with Gasteiger partial charge in [-0.05, 0) is 53.4 Å². The topological polar surface area (TPSA) is 89.1 Å². The van der Waals surface area contributed by atoms with Crippen LogP contribution in [-0.2, 0) is 9.59 Å². The quantitative estimate of drug-likeness (QED) is 0.416. The van der Waals surface area contributed by atoms with Crippen LogP contribution in [0.25, 0.3) is 0 Å². The monoisotopic (exact) mass is 570 g/mol. The summed E-state index contributed by atoms with van der Waals surface area (Å²) in [6.07, 6.45) is 0.270. The molecule has 3 aromatic rings. The van der Waals surface area contributed by atoms with Gasteiger partial charge in [0.1, 0.15) is 17.5 Å². The van der Waals surface area contributed by atoms with Crippen LogP contribution in [0.2, 0.25) is 5.02 Å². The number of amides is 2. The number of nitrogens with zero attached hydrogens (tertiary/aromatic N) is 3. The highest BCUT2D eigenvalue weighted by atomic mass is 35.5. The number of thioether (sulfide) groups is 1. The Morgan fingerprint density at radius 1 is 1.16 bits per heavy atom. The van der Waals surface area contributed by atoms with Crippen LogP contribution < -0.4 is 21.1 Å². The van der Waals surface area contributed by atoms with Crippen LogP contribution in [0.5, 0.6) is 0 Å². The van der Waals surface area contributed by atoms with Gasteiger partial charge in [-0.1, -0.05) is 29.8 Å². The van der Waals surface area contributed by atoms with Crippen LogP contribution in [0.3, 0.4) is 0 Å². The molecule has 0 spiro atoms. The van der Waals surface area contributed by atoms with Gasteiger partial charge in [0.25, 0.3) is 5.91 Å². The van der Waals surface area contributed by atoms with Crippen molar-refractivity contribution in [3.05, 3.63) is 87.3 Å². The van der Waals surface area contributed by atoms with E-state index in [4.69, 9.17) is 11.6 Å². The maximum absolute atomic E-state index is 13.6. The minimum atomic E-state index is -0.463. The third-order valence-corrected chi connectivity index (χ3v) is 8.95. The molecule has 3 N–H and O–H groups in total. The number of rotatable bonds is 6. The summed E-state index contributed by atoms with van der Waals surface area (Å²) < 4.78 is 13.6. The molecule has 2 amide bonds. The van der Waals surface area contributed by atoms with Crippen LogP contribution in [-0.4, -0.2) is 46.5 Å². The Bertz CT molecular complexity index is 1360. The van der Waals surface area contributed by atoms with Crippen LogP contribution in [0.1, 0.15) is 22.9 Å². The van der Waals surface area contributed by atoms with E-state index in [1.54, 1.807) is 35.6 Å². The van der Waals surface area contributed by atoms with E-state index in [0.717, 1.165) is 21.8 Å². The molecule has 2 saturated heterocycles. The standard InChI is InChI=1S/C26H24ClFN6O2S2/c27-16-5-9-18(10-6-16)33-24-19(13-29-33)25(36)31-26(30-24)38-14-23(35)34-21(15-3-7-17(28)8-4-15)12-20(32-34)22-2-1-11-37-22/h1-11,19,21,24,26,29-30H,12-14H2,(H,31,36). The second-order valence-corrected chi connectivity index (χ2v) is 11.6. The molecule has 0 saturated carbocycles. The van der Waals surface area contributed by atoms with Crippen molar-refractivity contribution < 1.29 is 14.0 Å². The molecular weight excluding hydrogens is 547 g/mol. The summed E-state index contributed by atoms with van der Waals surface area (Å²) in [5, 5.41) is 17.1. The molecule has 0 radical (unpaired) electrons. The summed E-state index contributed by atoms with van der Waals surface area (Å²) in [5.41, 5.74) is 5.36. The highest BCUT2D eigenvalue weighted by Gasteiger charge is 2.44. The molecule has 12 heteroatoms. The van der Waals surface area contributed by atoms with E-state index in [1.165, 1.54) is 28.9 Å². The van der Waals surface area contributed by atoms with E-state index < -0.39 is 5.50 Å². The number of hydrogen-bond donors (Lipinski definition) is 3. The summed E-state index contributed by atoms with van der Waals surface area (Å²) >= 11 is 8.91. The molecule has 38 heavy (non-hydrogen) atoms. The molecule has 1 aromatic heterocycles. The lowest BCUT2D eigenvalue weighted by molar-refractivity contribution is -0.130. The summed E-state index contributed by atoms with van der Waals surface area (Å²) in [6.45, 7) is 0.496. The summed E-state index contributed by atoms with van der Waals surface area (Å²) in [5.74, 6) is -0.773. The van der Waals surface area contributed by atoms with Crippen LogP contribution in [0, 0.1) is 11.7 Å². The number of nitrogens with one attached hydrogen (secondary N) is 3. The Balaban J connectivity index is 1.15. The van der Waals surface area contributed by atoms with Crippen molar-refractivity contribution >= 4 is 57.9 Å². The zero-order chi connectivity index (χ0) is 26.2. The lowest BCUT2D eigenvalue weighted by Gasteiger charge is -2.37. The maximum Gasteiger partial charge on any atom is 0.253 e. The van der Waals surface area contributed by atoms with Crippen LogP contribution in [0.4, 0.5) is 10.1 Å². The Kier molecular flexibility index (Phi) is 7.10. The predicted octanol–water partition coefficient (Wildman–Crippen LogP) is 3.92. The zero-order valence-corrected chi connectivity index (χ0v) is 22.4. The molecule has 8 nitrogen and oxygen atoms in total. The Morgan fingerprint density at radius 2 is 1.95 bits per heavy atom. The molecule has 4 atom stereocenters. The van der Waals surface area contributed by atoms with Crippen LogP contribution >= 0.6 is 34.7 Å². The lowest BCUT2D eigenvalue weighted by Crippen LogP contribution is -2.63. The molecule has 2 aromatic carbocycles. The van der Waals surface area contributed by atoms with Gasteiger partial charge in [-0.3, -0.25) is 19.9 Å². The average molecular weight is 571 g/mol. The molecule has 4 heterocycles. The van der Waals surface area contributed by atoms with Crippen molar-refractivity contribution in [1.29, 1.82) is 0 Å². The van der Waals surface area contributed by atoms with Crippen molar-refractivity contribution in [2.45, 2.75) is 24.1 Å². The molecule has 0 bridgehead atoms. The van der Waals surface area contributed by atoms with Crippen molar-refractivity contribution in [2.75, 3.05) is 17.3 Å². The molecule has 2 fully saturated rings. The minimum absolute atomic E-state index is 0.0778. The third-order valence-electron chi connectivity index (χ3n) is 6.78. The fraction of sp³-hybridized carbons (Fsp3) is 0.269. The Labute approximate surface area is 232 Å². The second kappa shape index (κ2) is 10.7. The lowest BCUT2D eigenvalue weighted by atomic mass is 10.0. The number of thiophene rings is 1. The smallest absolute Gasteiger partial charge is 0.253 e. The number of halogens is 2. The van der Waals surface area contributed by atoms with Gasteiger partial charge in [-0.2, -0.15) is 5.10 Å². The first-order valence-electron chi connectivity index (χ1n) is 12.1. The summed E-state index contributed by atoms with van der Waals surface area (Å²) in [6, 6.07) is 17.2. The van der Waals surface area contributed by atoms with Crippen molar-refractivity contribution in [3.63, 3.8) is 0 Å². The fourth-order valence-corrected chi connectivity index (χ4v) is 6.61. The number of hydrazone groups is 1. The summed E-state index contributed by atoms with van der Waals surface area (Å²) in [4.78, 5) is 27.3. The fourth-order valence-electron chi connectivity index (χ4n) is 4.89. The highest BCUT2D eigenvalue weighted by Crippen LogP contribution is 2.35. The number of benzene rings is 2. The largest absolute Gasteiger partial charge is 0.331 e. The first-order valence-corrected chi connectivity index (χ1v) is 14.4. The zero-order valence-electron chi connectivity index (χ0n) is 20.0. The van der Waals surface area contributed by atoms with Gasteiger partial charge in [0.2, 0.25) is 5.91 Å². The Hall–Kier alpha value is -2.96. The van der Waals surface area contributed by atoms with E-state index in [2.05, 4.69) is 21.2 Å². The minimum Gasteiger partial charge on any atom is -0.331 e. The Morgan fingerprint density at radius 3 is 2.68 bits per heavy atom. The van der Waals surface area contributed by atoms with Gasteiger partial charge >= 0.3 is 0 Å². The van der Waals surface area contributed by atoms with E-state index >= 15 is 0 Å². The third kappa shape index (κ3) is 5.04. The van der Waals surface area contributed by atoms with Gasteiger partial charge in [-0.25, -0.2) is 14.8 Å². The number of hydrogen-bond acceptors (Lipinski definition) is 8. The molecule has 6 rings (SSSR count). The first-order chi connectivity index (χ1) is 18.5. The predicted molar refractivity (Wildman–Crippen MR) is 148 cm³/mol. The van der Waals surface area contributed by atoms with Crippen molar-refractivity contribution in [3.8, 4) is 0 Å². The molecule has 196 valence electrons. The van der Waals surface area contributed by atoms with Gasteiger partial charge in [-0.15, -0.1) is 23.1 Å². The number of carbonyl (C=O) groups excluding carboxylic acids is 2. The van der Waals surface area contributed by atoms with E-state index in [1.807, 2.05) is 34.7 Å². The molecule has 3 aliphatic heterocycles. The van der Waals surface area contributed by atoms with Gasteiger partial charge in [0.05, 0.1) is 34.0 Å². The normalized spacial score (nSPS) is 24.8. The second-order valence-electron chi connectivity index (χ2n) is 9.16. The van der Waals surface area contributed by atoms with Gasteiger partial charge in [0, 0.05) is 18.0 Å². The van der Waals surface area contributed by atoms with E-state index in [-0.39, 0.29) is 41.5 Å². The van der Waals surface area contributed by atoms with E-state index in [0.29, 0.717) is 18.0 Å². The number of hydrazine groups is 1. The SMILES string of the molecule is O=C1NC(SCC(=O)N2N=C(c3cccs3)CC2c2ccc(F)cc2)NC2C1CNN2c1ccc(Cl)cc1. The number of anilines is 1. The van der Waals surface area contributed by atoms with Gasteiger partial charge < -0.3 is 5.32 Å².